The van der Waals surface area contributed by atoms with Crippen molar-refractivity contribution in [3.05, 3.63) is 52.8 Å². The second-order valence-corrected chi connectivity index (χ2v) is 4.06. The topological polar surface area (TPSA) is 20.2 Å². The van der Waals surface area contributed by atoms with Crippen LogP contribution in [0.15, 0.2) is 36.4 Å². The van der Waals surface area contributed by atoms with Gasteiger partial charge in [-0.1, -0.05) is 23.7 Å². The molecule has 1 nitrogen and oxygen atoms in total. The Morgan fingerprint density at radius 1 is 1.12 bits per heavy atom. The zero-order valence-corrected chi connectivity index (χ0v) is 9.42. The van der Waals surface area contributed by atoms with Gasteiger partial charge in [0.15, 0.2) is 0 Å². The molecule has 0 atom stereocenters. The van der Waals surface area contributed by atoms with E-state index < -0.39 is 0 Å². The van der Waals surface area contributed by atoms with Crippen LogP contribution in [-0.2, 0) is 0 Å². The molecule has 16 heavy (non-hydrogen) atoms. The van der Waals surface area contributed by atoms with Crippen LogP contribution in [-0.4, -0.2) is 5.11 Å². The zero-order chi connectivity index (χ0) is 11.7. The summed E-state index contributed by atoms with van der Waals surface area (Å²) in [4.78, 5) is 0. The zero-order valence-electron chi connectivity index (χ0n) is 8.67. The molecule has 0 aliphatic carbocycles. The highest BCUT2D eigenvalue weighted by Crippen LogP contribution is 2.34. The van der Waals surface area contributed by atoms with Gasteiger partial charge in [-0.05, 0) is 42.3 Å². The standard InChI is InChI=1S/C13H10ClFO/c1-8-6-10(14)7-12(16)13(8)9-2-4-11(15)5-3-9/h2-7,16H,1H3. The van der Waals surface area contributed by atoms with Crippen LogP contribution in [0, 0.1) is 12.7 Å². The number of hydrogen-bond acceptors (Lipinski definition) is 1. The van der Waals surface area contributed by atoms with E-state index in [0.29, 0.717) is 10.6 Å². The summed E-state index contributed by atoms with van der Waals surface area (Å²) in [5.74, 6) is -0.188. The van der Waals surface area contributed by atoms with E-state index >= 15 is 0 Å². The van der Waals surface area contributed by atoms with Crippen LogP contribution in [0.4, 0.5) is 4.39 Å². The summed E-state index contributed by atoms with van der Waals surface area (Å²) < 4.78 is 12.8. The molecule has 2 aromatic rings. The molecular formula is C13H10ClFO. The number of halogens is 2. The van der Waals surface area contributed by atoms with Crippen molar-refractivity contribution in [3.8, 4) is 16.9 Å². The molecule has 0 saturated carbocycles. The maximum atomic E-state index is 12.8. The van der Waals surface area contributed by atoms with Crippen molar-refractivity contribution in [1.29, 1.82) is 0 Å². The number of hydrogen-bond donors (Lipinski definition) is 1. The largest absolute Gasteiger partial charge is 0.507 e. The van der Waals surface area contributed by atoms with Gasteiger partial charge in [0.1, 0.15) is 11.6 Å². The fourth-order valence-corrected chi connectivity index (χ4v) is 1.98. The summed E-state index contributed by atoms with van der Waals surface area (Å²) in [5.41, 5.74) is 2.31. The summed E-state index contributed by atoms with van der Waals surface area (Å²) in [7, 11) is 0. The van der Waals surface area contributed by atoms with Gasteiger partial charge in [-0.2, -0.15) is 0 Å². The van der Waals surface area contributed by atoms with Crippen LogP contribution in [0.3, 0.4) is 0 Å². The van der Waals surface area contributed by atoms with Gasteiger partial charge in [0.25, 0.3) is 0 Å². The van der Waals surface area contributed by atoms with E-state index in [1.54, 1.807) is 18.2 Å². The van der Waals surface area contributed by atoms with Gasteiger partial charge in [0.2, 0.25) is 0 Å². The van der Waals surface area contributed by atoms with Gasteiger partial charge in [-0.25, -0.2) is 4.39 Å². The van der Waals surface area contributed by atoms with E-state index in [0.717, 1.165) is 11.1 Å². The highest BCUT2D eigenvalue weighted by Gasteiger charge is 2.09. The Bertz CT molecular complexity index is 497. The number of phenols is 1. The fraction of sp³-hybridized carbons (Fsp3) is 0.0769. The molecule has 0 spiro atoms. The van der Waals surface area contributed by atoms with Crippen molar-refractivity contribution in [2.24, 2.45) is 0 Å². The molecule has 0 aromatic heterocycles. The Balaban J connectivity index is 2.60. The first-order valence-corrected chi connectivity index (χ1v) is 5.21. The second kappa shape index (κ2) is 4.14. The Kier molecular flexibility index (Phi) is 2.84. The third-order valence-electron chi connectivity index (χ3n) is 2.41. The lowest BCUT2D eigenvalue weighted by Gasteiger charge is -2.09. The quantitative estimate of drug-likeness (QED) is 0.788. The van der Waals surface area contributed by atoms with Crippen LogP contribution in [0.2, 0.25) is 5.02 Å². The maximum absolute atomic E-state index is 12.8. The normalized spacial score (nSPS) is 10.4. The third kappa shape index (κ3) is 2.02. The molecule has 2 rings (SSSR count). The molecule has 2 aromatic carbocycles. The van der Waals surface area contributed by atoms with Crippen LogP contribution in [0.1, 0.15) is 5.56 Å². The molecule has 0 aliphatic heterocycles. The van der Waals surface area contributed by atoms with E-state index in [4.69, 9.17) is 11.6 Å². The van der Waals surface area contributed by atoms with Crippen molar-refractivity contribution in [3.63, 3.8) is 0 Å². The third-order valence-corrected chi connectivity index (χ3v) is 2.63. The lowest BCUT2D eigenvalue weighted by atomic mass is 9.99. The molecular weight excluding hydrogens is 227 g/mol. The minimum Gasteiger partial charge on any atom is -0.507 e. The summed E-state index contributed by atoms with van der Waals surface area (Å²) in [5, 5.41) is 10.3. The van der Waals surface area contributed by atoms with Crippen LogP contribution >= 0.6 is 11.6 Å². The van der Waals surface area contributed by atoms with E-state index in [9.17, 15) is 9.50 Å². The molecule has 0 heterocycles. The summed E-state index contributed by atoms with van der Waals surface area (Å²) in [6.45, 7) is 1.85. The first kappa shape index (κ1) is 11.0. The highest BCUT2D eigenvalue weighted by atomic mass is 35.5. The number of aromatic hydroxyl groups is 1. The van der Waals surface area contributed by atoms with E-state index in [1.807, 2.05) is 6.92 Å². The van der Waals surface area contributed by atoms with Gasteiger partial charge in [0, 0.05) is 10.6 Å². The molecule has 0 bridgehead atoms. The van der Waals surface area contributed by atoms with Gasteiger partial charge in [-0.15, -0.1) is 0 Å². The van der Waals surface area contributed by atoms with Gasteiger partial charge < -0.3 is 5.11 Å². The van der Waals surface area contributed by atoms with Crippen molar-refractivity contribution >= 4 is 11.6 Å². The van der Waals surface area contributed by atoms with Crippen LogP contribution < -0.4 is 0 Å². The minimum absolute atomic E-state index is 0.108. The average molecular weight is 237 g/mol. The Morgan fingerprint density at radius 3 is 2.31 bits per heavy atom. The first-order chi connectivity index (χ1) is 7.58. The Hall–Kier alpha value is -1.54. The molecule has 0 aliphatic rings. The molecule has 0 unspecified atom stereocenters. The minimum atomic E-state index is -0.296. The SMILES string of the molecule is Cc1cc(Cl)cc(O)c1-c1ccc(F)cc1. The monoisotopic (exact) mass is 236 g/mol. The smallest absolute Gasteiger partial charge is 0.125 e. The Labute approximate surface area is 98.1 Å². The molecule has 0 radical (unpaired) electrons. The summed E-state index contributed by atoms with van der Waals surface area (Å²) in [6.07, 6.45) is 0. The predicted octanol–water partition coefficient (Wildman–Crippen LogP) is 4.16. The van der Waals surface area contributed by atoms with Crippen molar-refractivity contribution < 1.29 is 9.50 Å². The summed E-state index contributed by atoms with van der Waals surface area (Å²) in [6, 6.07) is 9.23. The number of phenolic OH excluding ortho intramolecular Hbond substituents is 1. The van der Waals surface area contributed by atoms with Crippen LogP contribution in [0.5, 0.6) is 5.75 Å². The van der Waals surface area contributed by atoms with E-state index in [-0.39, 0.29) is 11.6 Å². The number of aryl methyl sites for hydroxylation is 1. The molecule has 0 saturated heterocycles. The first-order valence-electron chi connectivity index (χ1n) is 4.83. The molecule has 82 valence electrons. The predicted molar refractivity (Wildman–Crippen MR) is 63.2 cm³/mol. The summed E-state index contributed by atoms with van der Waals surface area (Å²) >= 11 is 5.81. The van der Waals surface area contributed by atoms with E-state index in [1.165, 1.54) is 18.2 Å². The van der Waals surface area contributed by atoms with Crippen LogP contribution in [0.25, 0.3) is 11.1 Å². The number of benzene rings is 2. The van der Waals surface area contributed by atoms with Crippen molar-refractivity contribution in [1.82, 2.24) is 0 Å². The second-order valence-electron chi connectivity index (χ2n) is 3.62. The Morgan fingerprint density at radius 2 is 1.75 bits per heavy atom. The van der Waals surface area contributed by atoms with Gasteiger partial charge in [-0.3, -0.25) is 0 Å². The molecule has 0 amide bonds. The lowest BCUT2D eigenvalue weighted by molar-refractivity contribution is 0.477. The van der Waals surface area contributed by atoms with E-state index in [2.05, 4.69) is 0 Å². The maximum Gasteiger partial charge on any atom is 0.125 e. The highest BCUT2D eigenvalue weighted by molar-refractivity contribution is 6.31. The lowest BCUT2D eigenvalue weighted by Crippen LogP contribution is -1.85. The molecule has 0 fully saturated rings. The van der Waals surface area contributed by atoms with Gasteiger partial charge in [0.05, 0.1) is 0 Å². The van der Waals surface area contributed by atoms with Crippen molar-refractivity contribution in [2.45, 2.75) is 6.92 Å². The van der Waals surface area contributed by atoms with Crippen molar-refractivity contribution in [2.75, 3.05) is 0 Å². The van der Waals surface area contributed by atoms with Gasteiger partial charge >= 0.3 is 0 Å². The fourth-order valence-electron chi connectivity index (χ4n) is 1.72. The molecule has 1 N–H and O–H groups in total. The average Bonchev–Trinajstić information content (AvgIpc) is 2.19. The number of rotatable bonds is 1. The molecule has 3 heteroatoms.